The van der Waals surface area contributed by atoms with E-state index in [1.807, 2.05) is 55.6 Å². The molecule has 2 heterocycles. The van der Waals surface area contributed by atoms with Crippen LogP contribution in [0.1, 0.15) is 31.0 Å². The first-order valence-corrected chi connectivity index (χ1v) is 10.0. The van der Waals surface area contributed by atoms with E-state index in [2.05, 4.69) is 15.6 Å². The minimum Gasteiger partial charge on any atom is -0.486 e. The summed E-state index contributed by atoms with van der Waals surface area (Å²) in [5, 5.41) is 6.83. The van der Waals surface area contributed by atoms with Crippen LogP contribution in [0, 0.1) is 0 Å². The minimum atomic E-state index is -0.679. The summed E-state index contributed by atoms with van der Waals surface area (Å²) in [5.74, 6) is 0.899. The average Bonchev–Trinajstić information content (AvgIpc) is 3.15. The van der Waals surface area contributed by atoms with Crippen molar-refractivity contribution in [1.82, 2.24) is 15.6 Å². The van der Waals surface area contributed by atoms with Gasteiger partial charge in [0.15, 0.2) is 11.5 Å². The van der Waals surface area contributed by atoms with Gasteiger partial charge in [0, 0.05) is 30.4 Å². The maximum absolute atomic E-state index is 13.0. The van der Waals surface area contributed by atoms with Crippen LogP contribution < -0.4 is 20.1 Å². The van der Waals surface area contributed by atoms with Crippen molar-refractivity contribution in [2.45, 2.75) is 32.4 Å². The molecule has 3 N–H and O–H groups in total. The van der Waals surface area contributed by atoms with E-state index in [0.717, 1.165) is 22.0 Å². The summed E-state index contributed by atoms with van der Waals surface area (Å²) in [6, 6.07) is 12.6. The molecule has 2 aromatic carbocycles. The molecular weight excluding hydrogens is 382 g/mol. The van der Waals surface area contributed by atoms with E-state index >= 15 is 0 Å². The van der Waals surface area contributed by atoms with Crippen molar-refractivity contribution in [2.75, 3.05) is 13.2 Å². The molecule has 7 nitrogen and oxygen atoms in total. The van der Waals surface area contributed by atoms with Gasteiger partial charge in [-0.3, -0.25) is 9.59 Å². The molecule has 156 valence electrons. The van der Waals surface area contributed by atoms with E-state index in [-0.39, 0.29) is 17.9 Å². The van der Waals surface area contributed by atoms with Gasteiger partial charge in [-0.05, 0) is 36.2 Å². The van der Waals surface area contributed by atoms with Gasteiger partial charge in [-0.1, -0.05) is 24.3 Å². The summed E-state index contributed by atoms with van der Waals surface area (Å²) < 4.78 is 11.2. The predicted molar refractivity (Wildman–Crippen MR) is 114 cm³/mol. The largest absolute Gasteiger partial charge is 0.486 e. The fourth-order valence-corrected chi connectivity index (χ4v) is 3.70. The van der Waals surface area contributed by atoms with Crippen molar-refractivity contribution >= 4 is 22.7 Å². The maximum Gasteiger partial charge on any atom is 0.243 e. The Morgan fingerprint density at radius 3 is 2.63 bits per heavy atom. The number of amides is 2. The molecule has 0 fully saturated rings. The molecule has 0 radical (unpaired) electrons. The van der Waals surface area contributed by atoms with Crippen LogP contribution >= 0.6 is 0 Å². The second-order valence-electron chi connectivity index (χ2n) is 7.45. The Labute approximate surface area is 174 Å². The molecule has 1 aromatic heterocycles. The average molecular weight is 407 g/mol. The molecule has 0 saturated carbocycles. The number of aromatic nitrogens is 1. The van der Waals surface area contributed by atoms with E-state index < -0.39 is 6.04 Å². The summed E-state index contributed by atoms with van der Waals surface area (Å²) in [5.41, 5.74) is 2.88. The first-order valence-electron chi connectivity index (χ1n) is 10.0. The maximum atomic E-state index is 13.0. The number of aromatic amines is 1. The monoisotopic (exact) mass is 407 g/mol. The standard InChI is InChI=1S/C23H25N3O4/c1-14(16-7-8-21-22(12-16)30-10-9-29-21)25-23(28)20(26-15(2)27)11-17-13-24-19-6-4-3-5-18(17)19/h3-8,12-14,20,24H,9-11H2,1-2H3,(H,25,28)(H,26,27)/t14-,20-/m1/s1. The summed E-state index contributed by atoms with van der Waals surface area (Å²) in [6.45, 7) is 4.36. The van der Waals surface area contributed by atoms with Crippen LogP contribution in [0.25, 0.3) is 10.9 Å². The highest BCUT2D eigenvalue weighted by Crippen LogP contribution is 2.32. The lowest BCUT2D eigenvalue weighted by Gasteiger charge is -2.23. The van der Waals surface area contributed by atoms with Crippen molar-refractivity contribution < 1.29 is 19.1 Å². The Balaban J connectivity index is 1.50. The van der Waals surface area contributed by atoms with E-state index in [9.17, 15) is 9.59 Å². The highest BCUT2D eigenvalue weighted by molar-refractivity contribution is 5.89. The van der Waals surface area contributed by atoms with Crippen LogP contribution in [0.5, 0.6) is 11.5 Å². The zero-order valence-electron chi connectivity index (χ0n) is 17.0. The number of hydrogen-bond donors (Lipinski definition) is 3. The third-order valence-electron chi connectivity index (χ3n) is 5.22. The van der Waals surface area contributed by atoms with Gasteiger partial charge in [0.1, 0.15) is 19.3 Å². The number of carbonyl (C=O) groups is 2. The van der Waals surface area contributed by atoms with Gasteiger partial charge in [0.25, 0.3) is 0 Å². The lowest BCUT2D eigenvalue weighted by atomic mass is 10.0. The van der Waals surface area contributed by atoms with E-state index in [4.69, 9.17) is 9.47 Å². The number of H-pyrrole nitrogens is 1. The number of ether oxygens (including phenoxy) is 2. The van der Waals surface area contributed by atoms with Crippen LogP contribution in [0.15, 0.2) is 48.7 Å². The predicted octanol–water partition coefficient (Wildman–Crippen LogP) is 2.86. The van der Waals surface area contributed by atoms with Gasteiger partial charge < -0.3 is 25.1 Å². The normalized spacial score (nSPS) is 14.7. The number of hydrogen-bond acceptors (Lipinski definition) is 4. The minimum absolute atomic E-state index is 0.238. The first kappa shape index (κ1) is 19.8. The molecule has 1 aliphatic rings. The highest BCUT2D eigenvalue weighted by atomic mass is 16.6. The SMILES string of the molecule is CC(=O)N[C@H](Cc1c[nH]c2ccccc12)C(=O)N[C@H](C)c1ccc2c(c1)OCCO2. The lowest BCUT2D eigenvalue weighted by molar-refractivity contribution is -0.128. The summed E-state index contributed by atoms with van der Waals surface area (Å²) >= 11 is 0. The van der Waals surface area contributed by atoms with Gasteiger partial charge in [-0.25, -0.2) is 0 Å². The van der Waals surface area contributed by atoms with Crippen molar-refractivity contribution in [3.63, 3.8) is 0 Å². The highest BCUT2D eigenvalue weighted by Gasteiger charge is 2.24. The number of para-hydroxylation sites is 1. The molecule has 0 unspecified atom stereocenters. The van der Waals surface area contributed by atoms with E-state index in [1.54, 1.807) is 0 Å². The zero-order chi connectivity index (χ0) is 21.1. The molecule has 4 rings (SSSR count). The van der Waals surface area contributed by atoms with Crippen LogP contribution in [0.4, 0.5) is 0 Å². The molecule has 3 aromatic rings. The molecule has 0 bridgehead atoms. The molecule has 0 aliphatic carbocycles. The summed E-state index contributed by atoms with van der Waals surface area (Å²) in [4.78, 5) is 28.0. The van der Waals surface area contributed by atoms with Gasteiger partial charge >= 0.3 is 0 Å². The Morgan fingerprint density at radius 2 is 1.83 bits per heavy atom. The third-order valence-corrected chi connectivity index (χ3v) is 5.22. The molecule has 7 heteroatoms. The lowest BCUT2D eigenvalue weighted by Crippen LogP contribution is -2.47. The molecule has 2 amide bonds. The fourth-order valence-electron chi connectivity index (χ4n) is 3.70. The van der Waals surface area contributed by atoms with Gasteiger partial charge in [0.2, 0.25) is 11.8 Å². The summed E-state index contributed by atoms with van der Waals surface area (Å²) in [7, 11) is 0. The van der Waals surface area contributed by atoms with Crippen molar-refractivity contribution in [2.24, 2.45) is 0 Å². The van der Waals surface area contributed by atoms with Gasteiger partial charge in [-0.15, -0.1) is 0 Å². The van der Waals surface area contributed by atoms with Crippen molar-refractivity contribution in [3.05, 3.63) is 59.8 Å². The second kappa shape index (κ2) is 8.49. The van der Waals surface area contributed by atoms with Crippen LogP contribution in [-0.4, -0.2) is 36.1 Å². The molecular formula is C23H25N3O4. The number of carbonyl (C=O) groups excluding carboxylic acids is 2. The van der Waals surface area contributed by atoms with E-state index in [0.29, 0.717) is 31.1 Å². The molecule has 0 spiro atoms. The number of fused-ring (bicyclic) bond motifs is 2. The first-order chi connectivity index (χ1) is 14.5. The number of benzene rings is 2. The Morgan fingerprint density at radius 1 is 1.07 bits per heavy atom. The summed E-state index contributed by atoms with van der Waals surface area (Å²) in [6.07, 6.45) is 2.28. The Kier molecular flexibility index (Phi) is 5.61. The zero-order valence-corrected chi connectivity index (χ0v) is 17.0. The van der Waals surface area contributed by atoms with Crippen LogP contribution in [0.3, 0.4) is 0 Å². The molecule has 2 atom stereocenters. The molecule has 0 saturated heterocycles. The van der Waals surface area contributed by atoms with Crippen molar-refractivity contribution in [3.8, 4) is 11.5 Å². The Bertz CT molecular complexity index is 1080. The molecule has 1 aliphatic heterocycles. The Hall–Kier alpha value is -3.48. The third kappa shape index (κ3) is 4.25. The van der Waals surface area contributed by atoms with Gasteiger partial charge in [0.05, 0.1) is 6.04 Å². The van der Waals surface area contributed by atoms with Crippen molar-refractivity contribution in [1.29, 1.82) is 0 Å². The van der Waals surface area contributed by atoms with Crippen LogP contribution in [0.2, 0.25) is 0 Å². The smallest absolute Gasteiger partial charge is 0.243 e. The second-order valence-corrected chi connectivity index (χ2v) is 7.45. The molecule has 30 heavy (non-hydrogen) atoms. The fraction of sp³-hybridized carbons (Fsp3) is 0.304. The van der Waals surface area contributed by atoms with Gasteiger partial charge in [-0.2, -0.15) is 0 Å². The van der Waals surface area contributed by atoms with Crippen LogP contribution in [-0.2, 0) is 16.0 Å². The quantitative estimate of drug-likeness (QED) is 0.586. The number of rotatable bonds is 6. The topological polar surface area (TPSA) is 92.5 Å². The number of nitrogens with one attached hydrogen (secondary N) is 3. The van der Waals surface area contributed by atoms with E-state index in [1.165, 1.54) is 6.92 Å².